The molecule has 3 aromatic heterocycles. The van der Waals surface area contributed by atoms with Gasteiger partial charge in [-0.15, -0.1) is 0 Å². The Balaban J connectivity index is 0.000000181. The van der Waals surface area contributed by atoms with Crippen molar-refractivity contribution in [1.29, 1.82) is 5.41 Å². The molecule has 0 bridgehead atoms. The maximum atomic E-state index is 7.76. The largest absolute Gasteiger partial charge is 0.383 e. The van der Waals surface area contributed by atoms with Crippen LogP contribution >= 0.6 is 0 Å². The molecule has 5 rings (SSSR count). The van der Waals surface area contributed by atoms with Crippen molar-refractivity contribution in [2.75, 3.05) is 5.73 Å². The highest BCUT2D eigenvalue weighted by Crippen LogP contribution is 2.28. The van der Waals surface area contributed by atoms with Crippen LogP contribution in [0.4, 0.5) is 5.82 Å². The molecule has 5 aromatic rings. The number of nitrogen functional groups attached to an aromatic ring is 1. The van der Waals surface area contributed by atoms with Gasteiger partial charge in [0.2, 0.25) is 0 Å². The molecule has 0 fully saturated rings. The number of aromatic nitrogens is 4. The number of pyridine rings is 2. The van der Waals surface area contributed by atoms with Crippen LogP contribution in [0.2, 0.25) is 0 Å². The first-order valence-corrected chi connectivity index (χ1v) is 9.58. The fourth-order valence-electron chi connectivity index (χ4n) is 3.35. The molecule has 0 aliphatic carbocycles. The minimum absolute atomic E-state index is 0.384. The second-order valence-corrected chi connectivity index (χ2v) is 7.03. The van der Waals surface area contributed by atoms with Crippen LogP contribution in [0.1, 0.15) is 18.3 Å². The number of hydrogen-bond acceptors (Lipinski definition) is 5. The number of anilines is 1. The fraction of sp³-hybridized carbons (Fsp3) is 0.0833. The number of rotatable bonds is 2. The maximum Gasteiger partial charge on any atom is 0.132 e. The summed E-state index contributed by atoms with van der Waals surface area (Å²) in [4.78, 5) is 15.9. The summed E-state index contributed by atoms with van der Waals surface area (Å²) in [7, 11) is 0. The number of para-hydroxylation sites is 2. The summed E-state index contributed by atoms with van der Waals surface area (Å²) in [5.74, 6) is 1.36. The van der Waals surface area contributed by atoms with Crippen molar-refractivity contribution >= 4 is 33.3 Å². The van der Waals surface area contributed by atoms with Crippen LogP contribution in [-0.4, -0.2) is 25.6 Å². The van der Waals surface area contributed by atoms with Gasteiger partial charge in [0, 0.05) is 46.4 Å². The molecule has 0 amide bonds. The summed E-state index contributed by atoms with van der Waals surface area (Å²) in [5.41, 5.74) is 11.0. The number of hydrogen-bond donors (Lipinski definition) is 3. The average molecular weight is 394 g/mol. The SMILES string of the molecule is CC(=N)c1cc(-c2cncc3ccccc23)cnc1N.Cc1nc2ccccc2[nH]1. The standard InChI is InChI=1S/C16H14N4.C8H8N2/c1-10(17)14-6-12(8-20-16(14)18)15-9-19-7-11-4-2-3-5-13(11)15;1-6-9-7-4-2-3-5-8(7)10-6/h2-9,17H,1H3,(H2,18,20);2-5H,1H3,(H,9,10). The highest BCUT2D eigenvalue weighted by molar-refractivity contribution is 6.02. The zero-order valence-electron chi connectivity index (χ0n) is 16.8. The quantitative estimate of drug-likeness (QED) is 0.361. The zero-order chi connectivity index (χ0) is 21.1. The van der Waals surface area contributed by atoms with Crippen LogP contribution in [-0.2, 0) is 0 Å². The van der Waals surface area contributed by atoms with Gasteiger partial charge >= 0.3 is 0 Å². The normalized spacial score (nSPS) is 10.6. The van der Waals surface area contributed by atoms with Gasteiger partial charge in [-0.3, -0.25) is 4.98 Å². The van der Waals surface area contributed by atoms with Gasteiger partial charge in [0.1, 0.15) is 11.6 Å². The second kappa shape index (κ2) is 8.13. The van der Waals surface area contributed by atoms with Crippen molar-refractivity contribution in [2.24, 2.45) is 0 Å². The van der Waals surface area contributed by atoms with Crippen molar-refractivity contribution in [3.05, 3.63) is 84.6 Å². The Bertz CT molecular complexity index is 1310. The molecule has 6 heteroatoms. The number of aromatic amines is 1. The van der Waals surface area contributed by atoms with Crippen molar-refractivity contribution in [2.45, 2.75) is 13.8 Å². The molecule has 148 valence electrons. The van der Waals surface area contributed by atoms with E-state index in [4.69, 9.17) is 11.1 Å². The van der Waals surface area contributed by atoms with E-state index < -0.39 is 0 Å². The monoisotopic (exact) mass is 394 g/mol. The predicted molar refractivity (Wildman–Crippen MR) is 123 cm³/mol. The lowest BCUT2D eigenvalue weighted by atomic mass is 10.0. The first-order valence-electron chi connectivity index (χ1n) is 9.58. The minimum atomic E-state index is 0.384. The number of nitrogens with zero attached hydrogens (tertiary/aromatic N) is 3. The van der Waals surface area contributed by atoms with E-state index in [0.29, 0.717) is 17.1 Å². The Morgan fingerprint density at radius 2 is 1.77 bits per heavy atom. The van der Waals surface area contributed by atoms with E-state index in [2.05, 4.69) is 26.0 Å². The smallest absolute Gasteiger partial charge is 0.132 e. The predicted octanol–water partition coefficient (Wildman–Crippen LogP) is 5.14. The van der Waals surface area contributed by atoms with E-state index in [1.807, 2.05) is 67.8 Å². The number of benzene rings is 2. The van der Waals surface area contributed by atoms with Gasteiger partial charge in [-0.25, -0.2) is 9.97 Å². The summed E-state index contributed by atoms with van der Waals surface area (Å²) in [6, 6.07) is 18.0. The van der Waals surface area contributed by atoms with Crippen LogP contribution in [0.25, 0.3) is 32.9 Å². The Kier molecular flexibility index (Phi) is 5.22. The lowest BCUT2D eigenvalue weighted by Crippen LogP contribution is -2.02. The lowest BCUT2D eigenvalue weighted by Gasteiger charge is -2.09. The molecule has 0 aliphatic rings. The molecular weight excluding hydrogens is 372 g/mol. The first-order chi connectivity index (χ1) is 14.5. The molecule has 0 spiro atoms. The summed E-state index contributed by atoms with van der Waals surface area (Å²) < 4.78 is 0. The third-order valence-corrected chi connectivity index (χ3v) is 4.81. The number of H-pyrrole nitrogens is 1. The summed E-state index contributed by atoms with van der Waals surface area (Å²) in [5, 5.41) is 9.95. The van der Waals surface area contributed by atoms with E-state index in [-0.39, 0.29) is 0 Å². The van der Waals surface area contributed by atoms with Gasteiger partial charge in [-0.05, 0) is 37.4 Å². The van der Waals surface area contributed by atoms with Crippen LogP contribution < -0.4 is 5.73 Å². The molecule has 6 nitrogen and oxygen atoms in total. The molecule has 0 unspecified atom stereocenters. The summed E-state index contributed by atoms with van der Waals surface area (Å²) in [6.45, 7) is 3.67. The van der Waals surface area contributed by atoms with Crippen LogP contribution in [0.15, 0.2) is 73.2 Å². The Hall–Kier alpha value is -4.06. The molecule has 4 N–H and O–H groups in total. The van der Waals surface area contributed by atoms with Gasteiger partial charge in [0.15, 0.2) is 0 Å². The minimum Gasteiger partial charge on any atom is -0.383 e. The first kappa shape index (κ1) is 19.3. The van der Waals surface area contributed by atoms with Crippen LogP contribution in [0.3, 0.4) is 0 Å². The van der Waals surface area contributed by atoms with Gasteiger partial charge in [-0.1, -0.05) is 36.4 Å². The third kappa shape index (κ3) is 3.89. The number of nitrogens with one attached hydrogen (secondary N) is 2. The molecule has 0 radical (unpaired) electrons. The van der Waals surface area contributed by atoms with Crippen molar-refractivity contribution in [3.63, 3.8) is 0 Å². The molecule has 0 saturated heterocycles. The van der Waals surface area contributed by atoms with Gasteiger partial charge in [-0.2, -0.15) is 0 Å². The summed E-state index contributed by atoms with van der Waals surface area (Å²) in [6.07, 6.45) is 5.39. The van der Waals surface area contributed by atoms with E-state index in [1.54, 1.807) is 13.1 Å². The number of aryl methyl sites for hydroxylation is 1. The van der Waals surface area contributed by atoms with Crippen molar-refractivity contribution < 1.29 is 0 Å². The number of fused-ring (bicyclic) bond motifs is 2. The van der Waals surface area contributed by atoms with Crippen LogP contribution in [0.5, 0.6) is 0 Å². The highest BCUT2D eigenvalue weighted by atomic mass is 14.9. The number of imidazole rings is 1. The highest BCUT2D eigenvalue weighted by Gasteiger charge is 2.09. The lowest BCUT2D eigenvalue weighted by molar-refractivity contribution is 1.17. The third-order valence-electron chi connectivity index (χ3n) is 4.81. The molecule has 3 heterocycles. The second-order valence-electron chi connectivity index (χ2n) is 7.03. The average Bonchev–Trinajstić information content (AvgIpc) is 3.14. The van der Waals surface area contributed by atoms with E-state index in [0.717, 1.165) is 38.8 Å². The molecule has 30 heavy (non-hydrogen) atoms. The van der Waals surface area contributed by atoms with Gasteiger partial charge in [0.05, 0.1) is 11.0 Å². The summed E-state index contributed by atoms with van der Waals surface area (Å²) >= 11 is 0. The Morgan fingerprint density at radius 3 is 2.57 bits per heavy atom. The maximum absolute atomic E-state index is 7.76. The Morgan fingerprint density at radius 1 is 1.00 bits per heavy atom. The van der Waals surface area contributed by atoms with E-state index >= 15 is 0 Å². The van der Waals surface area contributed by atoms with Crippen molar-refractivity contribution in [3.8, 4) is 11.1 Å². The Labute approximate surface area is 174 Å². The molecule has 0 atom stereocenters. The van der Waals surface area contributed by atoms with Gasteiger partial charge < -0.3 is 16.1 Å². The molecular formula is C24H22N6. The van der Waals surface area contributed by atoms with Crippen molar-refractivity contribution in [1.82, 2.24) is 19.9 Å². The topological polar surface area (TPSA) is 104 Å². The molecule has 0 saturated carbocycles. The fourth-order valence-corrected chi connectivity index (χ4v) is 3.35. The van der Waals surface area contributed by atoms with Crippen LogP contribution in [0, 0.1) is 12.3 Å². The van der Waals surface area contributed by atoms with E-state index in [1.165, 1.54) is 0 Å². The number of nitrogens with two attached hydrogens (primary N) is 1. The molecule has 0 aliphatic heterocycles. The van der Waals surface area contributed by atoms with E-state index in [9.17, 15) is 0 Å². The molecule has 2 aromatic carbocycles. The van der Waals surface area contributed by atoms with Gasteiger partial charge in [0.25, 0.3) is 0 Å². The zero-order valence-corrected chi connectivity index (χ0v) is 16.8.